The van der Waals surface area contributed by atoms with Gasteiger partial charge in [0.1, 0.15) is 24.1 Å². The van der Waals surface area contributed by atoms with Crippen molar-refractivity contribution in [2.75, 3.05) is 44.2 Å². The van der Waals surface area contributed by atoms with Crippen LogP contribution in [0.25, 0.3) is 0 Å². The smallest absolute Gasteiger partial charge is 0.258 e. The van der Waals surface area contributed by atoms with Gasteiger partial charge in [-0.05, 0) is 44.9 Å². The molecule has 1 spiro atoms. The van der Waals surface area contributed by atoms with Gasteiger partial charge < -0.3 is 24.8 Å². The number of alkyl halides is 3. The molecule has 0 radical (unpaired) electrons. The molecule has 0 saturated carbocycles. The number of amides is 2. The Morgan fingerprint density at radius 2 is 1.93 bits per heavy atom. The van der Waals surface area contributed by atoms with Gasteiger partial charge in [-0.25, -0.2) is 27.5 Å². The Balaban J connectivity index is 1.27. The summed E-state index contributed by atoms with van der Waals surface area (Å²) in [4.78, 5) is 39.2. The van der Waals surface area contributed by atoms with Gasteiger partial charge >= 0.3 is 0 Å². The number of aromatic nitrogens is 2. The lowest BCUT2D eigenvalue weighted by Gasteiger charge is -2.54. The monoisotopic (exact) mass is 578 g/mol. The summed E-state index contributed by atoms with van der Waals surface area (Å²) in [7, 11) is 0. The Morgan fingerprint density at radius 1 is 1.20 bits per heavy atom. The second-order valence-electron chi connectivity index (χ2n) is 11.4. The molecule has 3 aliphatic rings. The van der Waals surface area contributed by atoms with E-state index in [0.717, 1.165) is 29.9 Å². The molecule has 3 aliphatic heterocycles. The number of carbonyl (C=O) groups is 2. The minimum absolute atomic E-state index is 0.00506. The Hall–Kier alpha value is -3.48. The van der Waals surface area contributed by atoms with Crippen LogP contribution in [0.15, 0.2) is 30.7 Å². The van der Waals surface area contributed by atoms with Crippen LogP contribution in [0.2, 0.25) is 0 Å². The molecule has 1 aromatic heterocycles. The molecule has 1 N–H and O–H groups in total. The van der Waals surface area contributed by atoms with Gasteiger partial charge in [-0.3, -0.25) is 9.59 Å². The highest BCUT2D eigenvalue weighted by Gasteiger charge is 2.47. The van der Waals surface area contributed by atoms with E-state index in [1.54, 1.807) is 13.8 Å². The quantitative estimate of drug-likeness (QED) is 0.479. The first kappa shape index (κ1) is 29.0. The molecular weight excluding hydrogens is 544 g/mol. The summed E-state index contributed by atoms with van der Waals surface area (Å²) < 4.78 is 60.1. The van der Waals surface area contributed by atoms with Crippen LogP contribution in [0, 0.1) is 11.2 Å². The van der Waals surface area contributed by atoms with Crippen molar-refractivity contribution >= 4 is 17.6 Å². The van der Waals surface area contributed by atoms with E-state index in [0.29, 0.717) is 32.0 Å². The second kappa shape index (κ2) is 11.8. The zero-order valence-electron chi connectivity index (χ0n) is 23.0. The number of hydrogen-bond donors (Lipinski definition) is 1. The number of rotatable bonds is 8. The van der Waals surface area contributed by atoms with Crippen molar-refractivity contribution in [2.45, 2.75) is 57.8 Å². The van der Waals surface area contributed by atoms with Crippen LogP contribution in [-0.4, -0.2) is 95.5 Å². The molecule has 13 heteroatoms. The number of benzene rings is 1. The van der Waals surface area contributed by atoms with E-state index >= 15 is 0 Å². The van der Waals surface area contributed by atoms with E-state index in [1.165, 1.54) is 18.6 Å². The lowest BCUT2D eigenvalue weighted by atomic mass is 9.72. The minimum Gasteiger partial charge on any atom is -0.451 e. The number of carbonyl (C=O) groups excluding carboxylic acids is 2. The highest BCUT2D eigenvalue weighted by molar-refractivity contribution is 5.97. The van der Waals surface area contributed by atoms with Gasteiger partial charge in [0.2, 0.25) is 5.91 Å². The summed E-state index contributed by atoms with van der Waals surface area (Å²) in [5, 5.41) is 2.96. The first-order valence-electron chi connectivity index (χ1n) is 13.8. The maximum absolute atomic E-state index is 14.2. The van der Waals surface area contributed by atoms with E-state index in [1.807, 2.05) is 9.80 Å². The number of ether oxygens (including phenoxy) is 1. The second-order valence-corrected chi connectivity index (χ2v) is 11.4. The van der Waals surface area contributed by atoms with Gasteiger partial charge in [0.15, 0.2) is 11.6 Å². The third-order valence-electron chi connectivity index (χ3n) is 8.13. The maximum atomic E-state index is 14.2. The summed E-state index contributed by atoms with van der Waals surface area (Å²) in [6.45, 7) is 5.16. The molecule has 222 valence electrons. The van der Waals surface area contributed by atoms with Crippen molar-refractivity contribution in [2.24, 2.45) is 5.41 Å². The predicted octanol–water partition coefficient (Wildman–Crippen LogP) is 3.65. The first-order chi connectivity index (χ1) is 19.5. The molecule has 3 fully saturated rings. The number of piperidine rings is 1. The third-order valence-corrected chi connectivity index (χ3v) is 8.13. The molecule has 3 saturated heterocycles. The Morgan fingerprint density at radius 3 is 2.56 bits per heavy atom. The van der Waals surface area contributed by atoms with E-state index in [2.05, 4.69) is 15.3 Å². The zero-order valence-corrected chi connectivity index (χ0v) is 23.0. The Kier molecular flexibility index (Phi) is 8.35. The molecular formula is C28H34F4N6O3. The summed E-state index contributed by atoms with van der Waals surface area (Å²) in [5.74, 6) is -0.777. The van der Waals surface area contributed by atoms with Crippen molar-refractivity contribution in [3.05, 3.63) is 42.1 Å². The van der Waals surface area contributed by atoms with E-state index in [9.17, 15) is 27.2 Å². The van der Waals surface area contributed by atoms with Crippen molar-refractivity contribution in [1.82, 2.24) is 25.1 Å². The molecule has 5 rings (SSSR count). The lowest BCUT2D eigenvalue weighted by Crippen LogP contribution is -2.62. The average Bonchev–Trinajstić information content (AvgIpc) is 3.37. The number of nitrogens with one attached hydrogen (secondary N) is 1. The lowest BCUT2D eigenvalue weighted by molar-refractivity contribution is -0.135. The van der Waals surface area contributed by atoms with Gasteiger partial charge in [-0.1, -0.05) is 0 Å². The van der Waals surface area contributed by atoms with Crippen molar-refractivity contribution < 1.29 is 31.9 Å². The van der Waals surface area contributed by atoms with Crippen LogP contribution in [0.3, 0.4) is 0 Å². The molecule has 0 aliphatic carbocycles. The summed E-state index contributed by atoms with van der Waals surface area (Å²) in [6, 6.07) is 2.39. The van der Waals surface area contributed by atoms with Crippen LogP contribution in [0.1, 0.15) is 43.5 Å². The van der Waals surface area contributed by atoms with Crippen molar-refractivity contribution in [1.29, 1.82) is 0 Å². The van der Waals surface area contributed by atoms with Crippen LogP contribution >= 0.6 is 0 Å². The standard InChI is InChI=1S/C28H34F4N6O3/c1-17(2)38(13-24(31)32)26(39)20-9-18(29)3-4-22(20)41-23-12-33-16-35-25(23)37-14-28(15-37)5-7-36(8-6-28)27(40)21-10-19(30)11-34-21/h3-4,9,12,16-17,19,21,24,34H,5-8,10-11,13-15H2,1-2H3/t19-,21+/m1/s1. The van der Waals surface area contributed by atoms with Gasteiger partial charge in [-0.15, -0.1) is 0 Å². The van der Waals surface area contributed by atoms with Crippen LogP contribution in [0.4, 0.5) is 23.4 Å². The predicted molar refractivity (Wildman–Crippen MR) is 142 cm³/mol. The molecule has 0 bridgehead atoms. The number of halogens is 4. The van der Waals surface area contributed by atoms with E-state index in [-0.39, 0.29) is 41.4 Å². The Bertz CT molecular complexity index is 1270. The summed E-state index contributed by atoms with van der Waals surface area (Å²) in [6.07, 6.45) is 0.898. The van der Waals surface area contributed by atoms with Gasteiger partial charge in [0.05, 0.1) is 24.3 Å². The molecule has 41 heavy (non-hydrogen) atoms. The molecule has 2 amide bonds. The number of anilines is 1. The van der Waals surface area contributed by atoms with Crippen LogP contribution in [-0.2, 0) is 4.79 Å². The fourth-order valence-corrected chi connectivity index (χ4v) is 5.86. The van der Waals surface area contributed by atoms with Gasteiger partial charge in [0.25, 0.3) is 12.3 Å². The number of likely N-dealkylation sites (tertiary alicyclic amines) is 1. The molecule has 4 heterocycles. The topological polar surface area (TPSA) is 90.9 Å². The fraction of sp³-hybridized carbons (Fsp3) is 0.571. The highest BCUT2D eigenvalue weighted by atomic mass is 19.3. The normalized spacial score (nSPS) is 21.9. The fourth-order valence-electron chi connectivity index (χ4n) is 5.86. The van der Waals surface area contributed by atoms with E-state index in [4.69, 9.17) is 4.74 Å². The molecule has 9 nitrogen and oxygen atoms in total. The zero-order chi connectivity index (χ0) is 29.3. The third kappa shape index (κ3) is 6.24. The number of nitrogens with zero attached hydrogens (tertiary/aromatic N) is 5. The Labute approximate surface area is 235 Å². The molecule has 0 unspecified atom stereocenters. The first-order valence-corrected chi connectivity index (χ1v) is 13.8. The van der Waals surface area contributed by atoms with E-state index < -0.39 is 42.9 Å². The minimum atomic E-state index is -2.75. The van der Waals surface area contributed by atoms with Gasteiger partial charge in [-0.2, -0.15) is 0 Å². The van der Waals surface area contributed by atoms with Crippen molar-refractivity contribution in [3.8, 4) is 11.5 Å². The molecule has 2 atom stereocenters. The van der Waals surface area contributed by atoms with Crippen LogP contribution < -0.4 is 15.0 Å². The number of hydrogen-bond acceptors (Lipinski definition) is 7. The molecule has 1 aromatic carbocycles. The SMILES string of the molecule is CC(C)N(CC(F)F)C(=O)c1cc(F)ccc1Oc1cncnc1N1CC2(CCN(C(=O)[C@@H]3C[C@@H](F)CN3)CC2)C1. The molecule has 2 aromatic rings. The highest BCUT2D eigenvalue weighted by Crippen LogP contribution is 2.45. The van der Waals surface area contributed by atoms with Crippen molar-refractivity contribution in [3.63, 3.8) is 0 Å². The summed E-state index contributed by atoms with van der Waals surface area (Å²) >= 11 is 0. The van der Waals surface area contributed by atoms with Crippen LogP contribution in [0.5, 0.6) is 11.5 Å². The largest absolute Gasteiger partial charge is 0.451 e. The average molecular weight is 579 g/mol. The van der Waals surface area contributed by atoms with Gasteiger partial charge in [0, 0.05) is 50.6 Å². The maximum Gasteiger partial charge on any atom is 0.258 e. The summed E-state index contributed by atoms with van der Waals surface area (Å²) in [5.41, 5.74) is -0.184.